The van der Waals surface area contributed by atoms with Crippen LogP contribution in [0.4, 0.5) is 15.8 Å². The first kappa shape index (κ1) is 11.5. The van der Waals surface area contributed by atoms with Crippen LogP contribution < -0.4 is 10.6 Å². The minimum atomic E-state index is -0.724. The first-order valence-electron chi connectivity index (χ1n) is 5.03. The summed E-state index contributed by atoms with van der Waals surface area (Å²) in [7, 11) is 0. The molecule has 1 aromatic carbocycles. The molecule has 90 valence electrons. The number of anilines is 1. The molecule has 2 N–H and O–H groups in total. The number of nitrogens with zero attached hydrogens (tertiary/aromatic N) is 1. The van der Waals surface area contributed by atoms with E-state index < -0.39 is 16.4 Å². The smallest absolute Gasteiger partial charge is 0.295 e. The summed E-state index contributed by atoms with van der Waals surface area (Å²) in [5.41, 5.74) is -0.418. The second-order valence-corrected chi connectivity index (χ2v) is 3.76. The molecular weight excluding hydrogens is 229 g/mol. The van der Waals surface area contributed by atoms with Crippen molar-refractivity contribution in [1.29, 1.82) is 0 Å². The van der Waals surface area contributed by atoms with Crippen LogP contribution in [0.3, 0.4) is 0 Å². The lowest BCUT2D eigenvalue weighted by molar-refractivity contribution is -0.384. The molecule has 1 fully saturated rings. The van der Waals surface area contributed by atoms with Crippen LogP contribution in [0.15, 0.2) is 18.2 Å². The lowest BCUT2D eigenvalue weighted by atomic mass is 10.0. The van der Waals surface area contributed by atoms with Crippen molar-refractivity contribution >= 4 is 17.3 Å². The molecule has 2 rings (SSSR count). The third-order valence-corrected chi connectivity index (χ3v) is 2.57. The van der Waals surface area contributed by atoms with Crippen molar-refractivity contribution in [3.05, 3.63) is 34.1 Å². The van der Waals surface area contributed by atoms with Gasteiger partial charge in [-0.25, -0.2) is 4.39 Å². The van der Waals surface area contributed by atoms with Gasteiger partial charge < -0.3 is 10.6 Å². The highest BCUT2D eigenvalue weighted by molar-refractivity contribution is 5.95. The first-order valence-corrected chi connectivity index (χ1v) is 5.03. The third kappa shape index (κ3) is 2.39. The summed E-state index contributed by atoms with van der Waals surface area (Å²) in [6.07, 6.45) is 0. The molecule has 0 aromatic heterocycles. The Hall–Kier alpha value is -2.02. The molecule has 1 amide bonds. The number of halogens is 1. The van der Waals surface area contributed by atoms with Crippen LogP contribution in [-0.4, -0.2) is 23.9 Å². The molecule has 0 saturated carbocycles. The molecule has 0 atom stereocenters. The highest BCUT2D eigenvalue weighted by Gasteiger charge is 2.26. The van der Waals surface area contributed by atoms with Crippen LogP contribution in [0.2, 0.25) is 0 Å². The standard InChI is InChI=1S/C10H10FN3O3/c11-7-1-2-8(9(3-7)14(16)17)13-10(15)6-4-12-5-6/h1-3,6,12H,4-5H2,(H,13,15). The fraction of sp³-hybridized carbons (Fsp3) is 0.300. The van der Waals surface area contributed by atoms with Crippen LogP contribution in [0.5, 0.6) is 0 Å². The Balaban J connectivity index is 2.19. The van der Waals surface area contributed by atoms with Crippen molar-refractivity contribution in [2.75, 3.05) is 18.4 Å². The monoisotopic (exact) mass is 239 g/mol. The van der Waals surface area contributed by atoms with E-state index in [1.165, 1.54) is 6.07 Å². The van der Waals surface area contributed by atoms with Crippen LogP contribution in [0.25, 0.3) is 0 Å². The second kappa shape index (κ2) is 4.46. The predicted octanol–water partition coefficient (Wildman–Crippen LogP) is 0.892. The fourth-order valence-corrected chi connectivity index (χ4v) is 1.47. The SMILES string of the molecule is O=C(Nc1ccc(F)cc1[N+](=O)[O-])C1CNC1. The lowest BCUT2D eigenvalue weighted by Crippen LogP contribution is -2.48. The van der Waals surface area contributed by atoms with Crippen molar-refractivity contribution < 1.29 is 14.1 Å². The molecule has 0 spiro atoms. The van der Waals surface area contributed by atoms with Gasteiger partial charge in [0.15, 0.2) is 0 Å². The normalized spacial score (nSPS) is 15.1. The number of nitro groups is 1. The summed E-state index contributed by atoms with van der Waals surface area (Å²) in [5, 5.41) is 16.0. The van der Waals surface area contributed by atoms with Gasteiger partial charge >= 0.3 is 0 Å². The van der Waals surface area contributed by atoms with Gasteiger partial charge in [-0.05, 0) is 12.1 Å². The highest BCUT2D eigenvalue weighted by Crippen LogP contribution is 2.25. The van der Waals surface area contributed by atoms with Crippen molar-refractivity contribution in [3.63, 3.8) is 0 Å². The second-order valence-electron chi connectivity index (χ2n) is 3.76. The zero-order valence-corrected chi connectivity index (χ0v) is 8.77. The summed E-state index contributed by atoms with van der Waals surface area (Å²) in [5.74, 6) is -1.18. The van der Waals surface area contributed by atoms with Gasteiger partial charge in [0.1, 0.15) is 11.5 Å². The van der Waals surface area contributed by atoms with E-state index in [9.17, 15) is 19.3 Å². The quantitative estimate of drug-likeness (QED) is 0.606. The number of hydrogen-bond acceptors (Lipinski definition) is 4. The van der Waals surface area contributed by atoms with Crippen molar-refractivity contribution in [1.82, 2.24) is 5.32 Å². The molecule has 17 heavy (non-hydrogen) atoms. The number of nitrogens with one attached hydrogen (secondary N) is 2. The molecule has 0 bridgehead atoms. The minimum Gasteiger partial charge on any atom is -0.320 e. The van der Waals surface area contributed by atoms with Gasteiger partial charge in [-0.1, -0.05) is 0 Å². The maximum absolute atomic E-state index is 12.9. The Morgan fingerprint density at radius 1 is 1.53 bits per heavy atom. The van der Waals surface area contributed by atoms with Gasteiger partial charge in [-0.2, -0.15) is 0 Å². The Bertz CT molecular complexity index is 474. The third-order valence-electron chi connectivity index (χ3n) is 2.57. The number of benzene rings is 1. The highest BCUT2D eigenvalue weighted by atomic mass is 19.1. The average Bonchev–Trinajstić information content (AvgIpc) is 2.17. The van der Waals surface area contributed by atoms with Gasteiger partial charge in [0.05, 0.1) is 16.9 Å². The van der Waals surface area contributed by atoms with E-state index in [2.05, 4.69) is 10.6 Å². The van der Waals surface area contributed by atoms with E-state index in [0.29, 0.717) is 13.1 Å². The number of nitro benzene ring substituents is 1. The van der Waals surface area contributed by atoms with E-state index in [1.807, 2.05) is 0 Å². The molecule has 0 aliphatic carbocycles. The summed E-state index contributed by atoms with van der Waals surface area (Å²) in [6, 6.07) is 3.05. The average molecular weight is 239 g/mol. The van der Waals surface area contributed by atoms with Gasteiger partial charge in [0.25, 0.3) is 5.69 Å². The molecule has 1 heterocycles. The van der Waals surface area contributed by atoms with Crippen molar-refractivity contribution in [2.45, 2.75) is 0 Å². The molecule has 6 nitrogen and oxygen atoms in total. The van der Waals surface area contributed by atoms with E-state index in [1.54, 1.807) is 0 Å². The maximum atomic E-state index is 12.9. The topological polar surface area (TPSA) is 84.3 Å². The molecule has 7 heteroatoms. The van der Waals surface area contributed by atoms with E-state index in [4.69, 9.17) is 0 Å². The van der Waals surface area contributed by atoms with E-state index in [-0.39, 0.29) is 17.5 Å². The largest absolute Gasteiger partial charge is 0.320 e. The molecule has 1 aliphatic rings. The maximum Gasteiger partial charge on any atom is 0.295 e. The van der Waals surface area contributed by atoms with E-state index in [0.717, 1.165) is 12.1 Å². The van der Waals surface area contributed by atoms with Crippen LogP contribution in [0, 0.1) is 21.8 Å². The molecule has 1 aromatic rings. The molecular formula is C10H10FN3O3. The van der Waals surface area contributed by atoms with E-state index >= 15 is 0 Å². The molecule has 1 saturated heterocycles. The van der Waals surface area contributed by atoms with Crippen molar-refractivity contribution in [3.8, 4) is 0 Å². The Labute approximate surface area is 96.0 Å². The first-order chi connectivity index (χ1) is 8.08. The van der Waals surface area contributed by atoms with Gasteiger partial charge in [0, 0.05) is 13.1 Å². The predicted molar refractivity (Wildman–Crippen MR) is 58.0 cm³/mol. The Morgan fingerprint density at radius 2 is 2.24 bits per heavy atom. The summed E-state index contributed by atoms with van der Waals surface area (Å²) >= 11 is 0. The summed E-state index contributed by atoms with van der Waals surface area (Å²) < 4.78 is 12.9. The zero-order valence-electron chi connectivity index (χ0n) is 8.77. The van der Waals surface area contributed by atoms with Crippen LogP contribution in [-0.2, 0) is 4.79 Å². The number of carbonyl (C=O) groups is 1. The fourth-order valence-electron chi connectivity index (χ4n) is 1.47. The Kier molecular flexibility index (Phi) is 3.01. The minimum absolute atomic E-state index is 0.0216. The molecule has 1 aliphatic heterocycles. The zero-order chi connectivity index (χ0) is 12.4. The van der Waals surface area contributed by atoms with Gasteiger partial charge in [-0.3, -0.25) is 14.9 Å². The number of hydrogen-bond donors (Lipinski definition) is 2. The number of amides is 1. The Morgan fingerprint density at radius 3 is 2.76 bits per heavy atom. The summed E-state index contributed by atoms with van der Waals surface area (Å²) in [6.45, 7) is 1.11. The number of rotatable bonds is 3. The molecule has 0 unspecified atom stereocenters. The lowest BCUT2D eigenvalue weighted by Gasteiger charge is -2.25. The number of carbonyl (C=O) groups excluding carboxylic acids is 1. The van der Waals surface area contributed by atoms with Crippen LogP contribution in [0.1, 0.15) is 0 Å². The van der Waals surface area contributed by atoms with Gasteiger partial charge in [-0.15, -0.1) is 0 Å². The molecule has 0 radical (unpaired) electrons. The van der Waals surface area contributed by atoms with Crippen LogP contribution >= 0.6 is 0 Å². The van der Waals surface area contributed by atoms with Gasteiger partial charge in [0.2, 0.25) is 5.91 Å². The van der Waals surface area contributed by atoms with Crippen molar-refractivity contribution in [2.24, 2.45) is 5.92 Å². The summed E-state index contributed by atoms with van der Waals surface area (Å²) in [4.78, 5) is 21.5.